The highest BCUT2D eigenvalue weighted by Gasteiger charge is 2.20. The molecule has 0 aliphatic rings. The van der Waals surface area contributed by atoms with Crippen molar-refractivity contribution in [1.82, 2.24) is 4.72 Å². The molecule has 0 aliphatic heterocycles. The molecule has 2 aromatic rings. The van der Waals surface area contributed by atoms with E-state index in [4.69, 9.17) is 0 Å². The minimum absolute atomic E-state index is 0.150. The molecule has 0 saturated carbocycles. The lowest BCUT2D eigenvalue weighted by Crippen LogP contribution is -2.34. The Kier molecular flexibility index (Phi) is 5.01. The van der Waals surface area contributed by atoms with Crippen LogP contribution in [-0.2, 0) is 16.4 Å². The lowest BCUT2D eigenvalue weighted by Gasteiger charge is -2.14. The molecule has 1 N–H and O–H groups in total. The molecular weight excluding hydrogens is 358 g/mol. The van der Waals surface area contributed by atoms with Crippen LogP contribution < -0.4 is 4.72 Å². The van der Waals surface area contributed by atoms with Gasteiger partial charge in [-0.15, -0.1) is 0 Å². The van der Waals surface area contributed by atoms with Crippen LogP contribution in [0.4, 0.5) is 0 Å². The van der Waals surface area contributed by atoms with Crippen molar-refractivity contribution in [3.05, 3.63) is 50.6 Å². The maximum absolute atomic E-state index is 12.4. The number of hydrogen-bond donors (Lipinski definition) is 1. The first-order chi connectivity index (χ1) is 9.38. The van der Waals surface area contributed by atoms with E-state index in [0.717, 1.165) is 11.1 Å². The van der Waals surface area contributed by atoms with Gasteiger partial charge in [-0.05, 0) is 76.3 Å². The van der Waals surface area contributed by atoms with Crippen molar-refractivity contribution in [3.8, 4) is 0 Å². The predicted molar refractivity (Wildman–Crippen MR) is 86.7 cm³/mol. The summed E-state index contributed by atoms with van der Waals surface area (Å²) >= 11 is 4.93. The van der Waals surface area contributed by atoms with Crippen molar-refractivity contribution in [1.29, 1.82) is 0 Å². The first-order valence-electron chi connectivity index (χ1n) is 6.18. The van der Waals surface area contributed by atoms with Crippen LogP contribution in [0.2, 0.25) is 0 Å². The Hall–Kier alpha value is -0.690. The zero-order chi connectivity index (χ0) is 14.8. The van der Waals surface area contributed by atoms with Gasteiger partial charge in [-0.1, -0.05) is 6.07 Å². The normalized spacial score (nSPS) is 13.3. The van der Waals surface area contributed by atoms with E-state index in [0.29, 0.717) is 10.9 Å². The first kappa shape index (κ1) is 15.7. The Morgan fingerprint density at radius 2 is 2.10 bits per heavy atom. The van der Waals surface area contributed by atoms with E-state index in [1.165, 1.54) is 0 Å². The monoisotopic (exact) mass is 373 g/mol. The summed E-state index contributed by atoms with van der Waals surface area (Å²) in [5.41, 5.74) is 2.16. The van der Waals surface area contributed by atoms with Gasteiger partial charge in [0.15, 0.2) is 0 Å². The fraction of sp³-hybridized carbons (Fsp3) is 0.286. The second-order valence-electron chi connectivity index (χ2n) is 4.79. The lowest BCUT2D eigenvalue weighted by atomic mass is 10.1. The quantitative estimate of drug-likeness (QED) is 0.867. The summed E-state index contributed by atoms with van der Waals surface area (Å²) in [5, 5.41) is 4.03. The summed E-state index contributed by atoms with van der Waals surface area (Å²) in [5.74, 6) is 0. The smallest absolute Gasteiger partial charge is 0.208 e. The van der Waals surface area contributed by atoms with Crippen LogP contribution in [0.1, 0.15) is 18.1 Å². The number of rotatable bonds is 5. The highest BCUT2D eigenvalue weighted by molar-refractivity contribution is 9.10. The van der Waals surface area contributed by atoms with Gasteiger partial charge < -0.3 is 0 Å². The number of benzene rings is 1. The second kappa shape index (κ2) is 6.39. The van der Waals surface area contributed by atoms with Crippen molar-refractivity contribution in [2.45, 2.75) is 31.2 Å². The van der Waals surface area contributed by atoms with E-state index < -0.39 is 10.0 Å². The summed E-state index contributed by atoms with van der Waals surface area (Å²) in [4.78, 5) is 0.278. The van der Waals surface area contributed by atoms with Crippen LogP contribution >= 0.6 is 27.3 Å². The molecule has 1 aromatic carbocycles. The van der Waals surface area contributed by atoms with Crippen LogP contribution in [0.3, 0.4) is 0 Å². The minimum Gasteiger partial charge on any atom is -0.208 e. The molecule has 0 amide bonds. The standard InChI is InChI=1S/C14H16BrNO2S2/c1-10-3-4-14(13(15)7-10)20(17,18)16-11(2)8-12-5-6-19-9-12/h3-7,9,11,16H,8H2,1-2H3. The molecule has 0 saturated heterocycles. The van der Waals surface area contributed by atoms with Gasteiger partial charge in [0.25, 0.3) is 0 Å². The van der Waals surface area contributed by atoms with Crippen LogP contribution in [-0.4, -0.2) is 14.5 Å². The average molecular weight is 374 g/mol. The van der Waals surface area contributed by atoms with Gasteiger partial charge in [0, 0.05) is 10.5 Å². The molecular formula is C14H16BrNO2S2. The van der Waals surface area contributed by atoms with E-state index >= 15 is 0 Å². The molecule has 3 nitrogen and oxygen atoms in total. The molecule has 2 rings (SSSR count). The van der Waals surface area contributed by atoms with E-state index in [-0.39, 0.29) is 10.9 Å². The zero-order valence-corrected chi connectivity index (χ0v) is 14.5. The van der Waals surface area contributed by atoms with Crippen molar-refractivity contribution in [3.63, 3.8) is 0 Å². The van der Waals surface area contributed by atoms with Gasteiger partial charge in [-0.2, -0.15) is 11.3 Å². The number of nitrogens with one attached hydrogen (secondary N) is 1. The maximum Gasteiger partial charge on any atom is 0.241 e. The Balaban J connectivity index is 2.14. The average Bonchev–Trinajstić information content (AvgIpc) is 2.79. The highest BCUT2D eigenvalue weighted by atomic mass is 79.9. The summed E-state index contributed by atoms with van der Waals surface area (Å²) in [6.07, 6.45) is 0.687. The maximum atomic E-state index is 12.4. The predicted octanol–water partition coefficient (Wildman–Crippen LogP) is 3.73. The molecule has 6 heteroatoms. The summed E-state index contributed by atoms with van der Waals surface area (Å²) in [6, 6.07) is 7.08. The molecule has 0 bridgehead atoms. The van der Waals surface area contributed by atoms with E-state index in [2.05, 4.69) is 20.7 Å². The largest absolute Gasteiger partial charge is 0.241 e. The topological polar surface area (TPSA) is 46.2 Å². The van der Waals surface area contributed by atoms with Crippen LogP contribution in [0.5, 0.6) is 0 Å². The van der Waals surface area contributed by atoms with E-state index in [1.807, 2.05) is 30.7 Å². The van der Waals surface area contributed by atoms with Crippen LogP contribution in [0.25, 0.3) is 0 Å². The summed E-state index contributed by atoms with van der Waals surface area (Å²) < 4.78 is 28.0. The van der Waals surface area contributed by atoms with Gasteiger partial charge in [0.05, 0.1) is 4.90 Å². The van der Waals surface area contributed by atoms with Gasteiger partial charge in [-0.25, -0.2) is 13.1 Å². The molecule has 20 heavy (non-hydrogen) atoms. The minimum atomic E-state index is -3.50. The zero-order valence-electron chi connectivity index (χ0n) is 11.3. The molecule has 1 aromatic heterocycles. The molecule has 0 spiro atoms. The van der Waals surface area contributed by atoms with Gasteiger partial charge >= 0.3 is 0 Å². The van der Waals surface area contributed by atoms with Gasteiger partial charge in [0.2, 0.25) is 10.0 Å². The number of sulfonamides is 1. The Morgan fingerprint density at radius 3 is 2.70 bits per heavy atom. The third-order valence-corrected chi connectivity index (χ3v) is 6.15. The second-order valence-corrected chi connectivity index (χ2v) is 8.11. The van der Waals surface area contributed by atoms with Crippen molar-refractivity contribution >= 4 is 37.3 Å². The number of halogens is 1. The molecule has 108 valence electrons. The fourth-order valence-corrected chi connectivity index (χ4v) is 5.07. The molecule has 0 radical (unpaired) electrons. The van der Waals surface area contributed by atoms with Crippen molar-refractivity contribution < 1.29 is 8.42 Å². The Labute approximate surface area is 132 Å². The Morgan fingerprint density at radius 1 is 1.35 bits per heavy atom. The fourth-order valence-electron chi connectivity index (χ4n) is 1.96. The molecule has 1 atom stereocenters. The van der Waals surface area contributed by atoms with Crippen LogP contribution in [0.15, 0.2) is 44.4 Å². The van der Waals surface area contributed by atoms with E-state index in [9.17, 15) is 8.42 Å². The number of thiophene rings is 1. The number of aryl methyl sites for hydroxylation is 1. The van der Waals surface area contributed by atoms with Crippen molar-refractivity contribution in [2.75, 3.05) is 0 Å². The van der Waals surface area contributed by atoms with Gasteiger partial charge in [0.1, 0.15) is 0 Å². The van der Waals surface area contributed by atoms with E-state index in [1.54, 1.807) is 29.5 Å². The number of hydrogen-bond acceptors (Lipinski definition) is 3. The molecule has 1 unspecified atom stereocenters. The lowest BCUT2D eigenvalue weighted by molar-refractivity contribution is 0.559. The van der Waals surface area contributed by atoms with Gasteiger partial charge in [-0.3, -0.25) is 0 Å². The molecule has 0 aliphatic carbocycles. The first-order valence-corrected chi connectivity index (χ1v) is 9.40. The molecule has 1 heterocycles. The summed E-state index contributed by atoms with van der Waals surface area (Å²) in [7, 11) is -3.50. The van der Waals surface area contributed by atoms with Crippen LogP contribution in [0, 0.1) is 6.92 Å². The summed E-state index contributed by atoms with van der Waals surface area (Å²) in [6.45, 7) is 3.80. The Bertz CT molecular complexity index is 681. The molecule has 0 fully saturated rings. The third kappa shape index (κ3) is 3.91. The highest BCUT2D eigenvalue weighted by Crippen LogP contribution is 2.23. The third-order valence-electron chi connectivity index (χ3n) is 2.86. The van der Waals surface area contributed by atoms with Crippen molar-refractivity contribution in [2.24, 2.45) is 0 Å². The SMILES string of the molecule is Cc1ccc(S(=O)(=O)NC(C)Cc2ccsc2)c(Br)c1.